The van der Waals surface area contributed by atoms with E-state index in [4.69, 9.17) is 5.11 Å². The molecule has 0 aliphatic rings. The first-order chi connectivity index (χ1) is 7.29. The minimum Gasteiger partial charge on any atom is -0.508 e. The lowest BCUT2D eigenvalue weighted by atomic mass is 9.91. The maximum atomic E-state index is 11.9. The number of hydrogen-bond acceptors (Lipinski definition) is 2. The van der Waals surface area contributed by atoms with Crippen molar-refractivity contribution in [3.63, 3.8) is 0 Å². The summed E-state index contributed by atoms with van der Waals surface area (Å²) in [6, 6.07) is 6.62. The number of phenolic OH excluding ortho intramolecular Hbond substituents is 1. The lowest BCUT2D eigenvalue weighted by Gasteiger charge is -2.23. The molecule has 0 aliphatic carbocycles. The number of aromatic hydroxyl groups is 1. The van der Waals surface area contributed by atoms with Crippen molar-refractivity contribution in [2.24, 2.45) is 5.41 Å². The summed E-state index contributed by atoms with van der Waals surface area (Å²) < 4.78 is 0. The fraction of sp³-hybridized carbons (Fsp3) is 0.462. The summed E-state index contributed by atoms with van der Waals surface area (Å²) in [7, 11) is 1.75. The van der Waals surface area contributed by atoms with E-state index in [9.17, 15) is 4.79 Å². The van der Waals surface area contributed by atoms with Gasteiger partial charge in [-0.15, -0.1) is 0 Å². The maximum Gasteiger partial charge on any atom is 0.227 e. The molecule has 0 atom stereocenters. The zero-order valence-corrected chi connectivity index (χ0v) is 10.3. The van der Waals surface area contributed by atoms with Crippen LogP contribution in [0.5, 0.6) is 5.75 Å². The minimum absolute atomic E-state index is 0.0116. The molecule has 1 rings (SSSR count). The molecule has 88 valence electrons. The molecule has 0 heterocycles. The van der Waals surface area contributed by atoms with Gasteiger partial charge in [-0.2, -0.15) is 0 Å². The Morgan fingerprint density at radius 2 is 1.75 bits per heavy atom. The molecular weight excluding hydrogens is 202 g/mol. The van der Waals surface area contributed by atoms with Crippen molar-refractivity contribution in [1.29, 1.82) is 0 Å². The molecule has 1 N–H and O–H groups in total. The van der Waals surface area contributed by atoms with E-state index in [1.54, 1.807) is 36.2 Å². The van der Waals surface area contributed by atoms with Crippen LogP contribution in [0.3, 0.4) is 0 Å². The second kappa shape index (κ2) is 4.56. The first kappa shape index (κ1) is 12.6. The van der Waals surface area contributed by atoms with Gasteiger partial charge >= 0.3 is 0 Å². The summed E-state index contributed by atoms with van der Waals surface area (Å²) in [5, 5.41) is 9.16. The molecule has 0 aliphatic heterocycles. The number of hydrogen-bond donors (Lipinski definition) is 1. The molecule has 1 amide bonds. The van der Waals surface area contributed by atoms with Crippen molar-refractivity contribution in [3.05, 3.63) is 24.3 Å². The Labute approximate surface area is 96.7 Å². The van der Waals surface area contributed by atoms with E-state index in [2.05, 4.69) is 0 Å². The number of anilines is 1. The molecule has 0 saturated heterocycles. The van der Waals surface area contributed by atoms with Crippen LogP contribution in [0.25, 0.3) is 0 Å². The highest BCUT2D eigenvalue weighted by molar-refractivity contribution is 5.93. The number of carbonyl (C=O) groups is 1. The van der Waals surface area contributed by atoms with Crippen molar-refractivity contribution in [2.75, 3.05) is 11.9 Å². The third kappa shape index (κ3) is 3.57. The van der Waals surface area contributed by atoms with E-state index in [1.807, 2.05) is 20.8 Å². The van der Waals surface area contributed by atoms with Crippen molar-refractivity contribution < 1.29 is 9.90 Å². The molecule has 0 fully saturated rings. The van der Waals surface area contributed by atoms with E-state index in [-0.39, 0.29) is 17.1 Å². The Morgan fingerprint density at radius 3 is 2.19 bits per heavy atom. The van der Waals surface area contributed by atoms with Gasteiger partial charge in [-0.05, 0) is 29.7 Å². The molecule has 0 radical (unpaired) electrons. The van der Waals surface area contributed by atoms with E-state index >= 15 is 0 Å². The highest BCUT2D eigenvalue weighted by Crippen LogP contribution is 2.23. The molecule has 3 heteroatoms. The van der Waals surface area contributed by atoms with Gasteiger partial charge in [-0.25, -0.2) is 0 Å². The van der Waals surface area contributed by atoms with Gasteiger partial charge in [0.15, 0.2) is 0 Å². The summed E-state index contributed by atoms with van der Waals surface area (Å²) in [5.41, 5.74) is 0.787. The molecule has 0 spiro atoms. The van der Waals surface area contributed by atoms with Crippen LogP contribution in [-0.2, 0) is 4.79 Å². The summed E-state index contributed by atoms with van der Waals surface area (Å²) in [6.07, 6.45) is 0.504. The molecular formula is C13H19NO2. The Bertz CT molecular complexity index is 363. The highest BCUT2D eigenvalue weighted by atomic mass is 16.3. The van der Waals surface area contributed by atoms with Gasteiger partial charge in [-0.1, -0.05) is 20.8 Å². The second-order valence-electron chi connectivity index (χ2n) is 5.21. The predicted octanol–water partition coefficient (Wildman–Crippen LogP) is 2.79. The van der Waals surface area contributed by atoms with Gasteiger partial charge in [0, 0.05) is 19.2 Å². The van der Waals surface area contributed by atoms with Gasteiger partial charge < -0.3 is 10.0 Å². The third-order valence-electron chi connectivity index (χ3n) is 2.29. The van der Waals surface area contributed by atoms with Crippen molar-refractivity contribution >= 4 is 11.6 Å². The van der Waals surface area contributed by atoms with E-state index < -0.39 is 0 Å². The molecule has 0 bridgehead atoms. The van der Waals surface area contributed by atoms with Crippen molar-refractivity contribution in [1.82, 2.24) is 0 Å². The summed E-state index contributed by atoms with van der Waals surface area (Å²) in [4.78, 5) is 13.5. The molecule has 3 nitrogen and oxygen atoms in total. The lowest BCUT2D eigenvalue weighted by Crippen LogP contribution is -2.29. The molecule has 0 unspecified atom stereocenters. The van der Waals surface area contributed by atoms with Crippen LogP contribution in [0.2, 0.25) is 0 Å². The molecule has 16 heavy (non-hydrogen) atoms. The van der Waals surface area contributed by atoms with Gasteiger partial charge in [0.1, 0.15) is 5.75 Å². The van der Waals surface area contributed by atoms with Crippen LogP contribution in [0.1, 0.15) is 27.2 Å². The summed E-state index contributed by atoms with van der Waals surface area (Å²) in [6.45, 7) is 6.11. The van der Waals surface area contributed by atoms with Gasteiger partial charge in [0.05, 0.1) is 0 Å². The molecule has 0 aromatic heterocycles. The van der Waals surface area contributed by atoms with Crippen LogP contribution in [0.4, 0.5) is 5.69 Å². The normalized spacial score (nSPS) is 11.2. The Morgan fingerprint density at radius 1 is 1.25 bits per heavy atom. The SMILES string of the molecule is CN(C(=O)CC(C)(C)C)c1ccc(O)cc1. The van der Waals surface area contributed by atoms with Crippen LogP contribution < -0.4 is 4.90 Å². The first-order valence-corrected chi connectivity index (χ1v) is 5.35. The number of benzene rings is 1. The van der Waals surface area contributed by atoms with Crippen molar-refractivity contribution in [3.8, 4) is 5.75 Å². The van der Waals surface area contributed by atoms with Crippen molar-refractivity contribution in [2.45, 2.75) is 27.2 Å². The predicted molar refractivity (Wildman–Crippen MR) is 65.6 cm³/mol. The average molecular weight is 221 g/mol. The standard InChI is InChI=1S/C13H19NO2/c1-13(2,3)9-12(16)14(4)10-5-7-11(15)8-6-10/h5-8,15H,9H2,1-4H3. The van der Waals surface area contributed by atoms with Crippen LogP contribution in [0.15, 0.2) is 24.3 Å². The molecule has 1 aromatic carbocycles. The second-order valence-corrected chi connectivity index (χ2v) is 5.21. The smallest absolute Gasteiger partial charge is 0.227 e. The fourth-order valence-electron chi connectivity index (χ4n) is 1.39. The maximum absolute atomic E-state index is 11.9. The van der Waals surface area contributed by atoms with E-state index in [1.165, 1.54) is 0 Å². The largest absolute Gasteiger partial charge is 0.508 e. The first-order valence-electron chi connectivity index (χ1n) is 5.35. The monoisotopic (exact) mass is 221 g/mol. The van der Waals surface area contributed by atoms with Gasteiger partial charge in [0.2, 0.25) is 5.91 Å². The zero-order chi connectivity index (χ0) is 12.3. The van der Waals surface area contributed by atoms with Gasteiger partial charge in [0.25, 0.3) is 0 Å². The van der Waals surface area contributed by atoms with Gasteiger partial charge in [-0.3, -0.25) is 4.79 Å². The fourth-order valence-corrected chi connectivity index (χ4v) is 1.39. The zero-order valence-electron chi connectivity index (χ0n) is 10.3. The number of nitrogens with zero attached hydrogens (tertiary/aromatic N) is 1. The van der Waals surface area contributed by atoms with E-state index in [0.717, 1.165) is 5.69 Å². The Balaban J connectivity index is 2.74. The van der Waals surface area contributed by atoms with Crippen LogP contribution in [-0.4, -0.2) is 18.1 Å². The summed E-state index contributed by atoms with van der Waals surface area (Å²) >= 11 is 0. The number of rotatable bonds is 2. The highest BCUT2D eigenvalue weighted by Gasteiger charge is 2.19. The third-order valence-corrected chi connectivity index (χ3v) is 2.29. The van der Waals surface area contributed by atoms with Crippen LogP contribution in [0, 0.1) is 5.41 Å². The number of carbonyl (C=O) groups excluding carboxylic acids is 1. The quantitative estimate of drug-likeness (QED) is 0.834. The topological polar surface area (TPSA) is 40.5 Å². The number of amides is 1. The molecule has 0 saturated carbocycles. The number of phenols is 1. The Hall–Kier alpha value is -1.51. The van der Waals surface area contributed by atoms with Crippen LogP contribution >= 0.6 is 0 Å². The lowest BCUT2D eigenvalue weighted by molar-refractivity contribution is -0.120. The Kier molecular flexibility index (Phi) is 3.58. The molecule has 1 aromatic rings. The summed E-state index contributed by atoms with van der Waals surface area (Å²) in [5.74, 6) is 0.290. The minimum atomic E-state index is -0.0116. The van der Waals surface area contributed by atoms with E-state index in [0.29, 0.717) is 6.42 Å². The average Bonchev–Trinajstić information content (AvgIpc) is 2.15.